The Morgan fingerprint density at radius 3 is 2.66 bits per heavy atom. The average molecular weight is 464 g/mol. The number of aromatic nitrogens is 2. The van der Waals surface area contributed by atoms with Crippen LogP contribution in [0.2, 0.25) is 0 Å². The molecule has 4 rings (SSSR count). The van der Waals surface area contributed by atoms with Gasteiger partial charge in [-0.05, 0) is 50.6 Å². The number of carbonyl (C=O) groups excluding carboxylic acids is 1. The van der Waals surface area contributed by atoms with Gasteiger partial charge >= 0.3 is 6.61 Å². The SMILES string of the molecule is CC.Cc1nn(-c2cccc(OC(F)F)c2)c2ccc(C(=O)NC3(C)CCS(=O)C3)cc12. The van der Waals surface area contributed by atoms with Crippen molar-refractivity contribution in [1.82, 2.24) is 15.1 Å². The number of ether oxygens (including phenoxy) is 1. The average Bonchev–Trinajstić information content (AvgIpc) is 3.27. The molecule has 1 saturated heterocycles. The van der Waals surface area contributed by atoms with Crippen molar-refractivity contribution < 1.29 is 22.5 Å². The van der Waals surface area contributed by atoms with E-state index in [2.05, 4.69) is 15.2 Å². The van der Waals surface area contributed by atoms with Gasteiger partial charge in [-0.2, -0.15) is 13.9 Å². The third-order valence-corrected chi connectivity index (χ3v) is 6.81. The van der Waals surface area contributed by atoms with E-state index in [1.165, 1.54) is 12.1 Å². The van der Waals surface area contributed by atoms with Crippen LogP contribution in [-0.4, -0.2) is 43.6 Å². The fourth-order valence-corrected chi connectivity index (χ4v) is 5.43. The lowest BCUT2D eigenvalue weighted by Gasteiger charge is -2.24. The summed E-state index contributed by atoms with van der Waals surface area (Å²) in [6.07, 6.45) is 0.682. The van der Waals surface area contributed by atoms with Crippen molar-refractivity contribution in [3.8, 4) is 11.4 Å². The topological polar surface area (TPSA) is 73.2 Å². The van der Waals surface area contributed by atoms with E-state index < -0.39 is 22.9 Å². The zero-order valence-electron chi connectivity index (χ0n) is 18.5. The van der Waals surface area contributed by atoms with Crippen LogP contribution < -0.4 is 10.1 Å². The smallest absolute Gasteiger partial charge is 0.387 e. The quantitative estimate of drug-likeness (QED) is 0.600. The van der Waals surface area contributed by atoms with Crippen molar-refractivity contribution in [2.45, 2.75) is 46.3 Å². The highest BCUT2D eigenvalue weighted by atomic mass is 32.2. The van der Waals surface area contributed by atoms with Crippen LogP contribution in [0.1, 0.15) is 43.2 Å². The molecule has 0 bridgehead atoms. The monoisotopic (exact) mass is 463 g/mol. The summed E-state index contributed by atoms with van der Waals surface area (Å²) in [6.45, 7) is 4.82. The van der Waals surface area contributed by atoms with Gasteiger partial charge < -0.3 is 10.1 Å². The van der Waals surface area contributed by atoms with E-state index in [9.17, 15) is 17.8 Å². The number of halogens is 2. The molecule has 1 N–H and O–H groups in total. The van der Waals surface area contributed by atoms with Gasteiger partial charge in [-0.3, -0.25) is 9.00 Å². The number of aryl methyl sites for hydroxylation is 1. The molecule has 172 valence electrons. The fraction of sp³-hybridized carbons (Fsp3) is 0.391. The molecule has 0 aliphatic carbocycles. The van der Waals surface area contributed by atoms with Gasteiger partial charge in [-0.15, -0.1) is 0 Å². The van der Waals surface area contributed by atoms with Gasteiger partial charge in [-0.1, -0.05) is 19.9 Å². The van der Waals surface area contributed by atoms with Gasteiger partial charge in [0.2, 0.25) is 0 Å². The van der Waals surface area contributed by atoms with Gasteiger partial charge in [0.05, 0.1) is 16.9 Å². The minimum absolute atomic E-state index is 0.0435. The van der Waals surface area contributed by atoms with Crippen LogP contribution in [0.3, 0.4) is 0 Å². The molecular weight excluding hydrogens is 436 g/mol. The van der Waals surface area contributed by atoms with E-state index in [0.717, 1.165) is 10.9 Å². The number of hydrogen-bond acceptors (Lipinski definition) is 4. The van der Waals surface area contributed by atoms with Crippen molar-refractivity contribution in [3.63, 3.8) is 0 Å². The lowest BCUT2D eigenvalue weighted by molar-refractivity contribution is -0.0498. The number of fused-ring (bicyclic) bond motifs is 1. The molecule has 3 aromatic rings. The second-order valence-corrected chi connectivity index (χ2v) is 9.23. The van der Waals surface area contributed by atoms with E-state index in [0.29, 0.717) is 34.9 Å². The molecule has 32 heavy (non-hydrogen) atoms. The van der Waals surface area contributed by atoms with Crippen LogP contribution in [0.25, 0.3) is 16.6 Å². The maximum Gasteiger partial charge on any atom is 0.387 e. The summed E-state index contributed by atoms with van der Waals surface area (Å²) < 4.78 is 42.9. The maximum absolute atomic E-state index is 12.8. The number of rotatable bonds is 5. The van der Waals surface area contributed by atoms with Crippen LogP contribution >= 0.6 is 0 Å². The predicted octanol–water partition coefficient (Wildman–Crippen LogP) is 4.60. The van der Waals surface area contributed by atoms with Gasteiger partial charge in [0, 0.05) is 44.9 Å². The highest BCUT2D eigenvalue weighted by molar-refractivity contribution is 7.85. The minimum Gasteiger partial charge on any atom is -0.435 e. The Morgan fingerprint density at radius 2 is 2.00 bits per heavy atom. The van der Waals surface area contributed by atoms with Crippen LogP contribution in [-0.2, 0) is 10.8 Å². The number of amides is 1. The molecule has 2 aromatic carbocycles. The summed E-state index contributed by atoms with van der Waals surface area (Å²) >= 11 is 0. The summed E-state index contributed by atoms with van der Waals surface area (Å²) in [5.41, 5.74) is 2.03. The van der Waals surface area contributed by atoms with Crippen molar-refractivity contribution in [3.05, 3.63) is 53.7 Å². The minimum atomic E-state index is -2.91. The van der Waals surface area contributed by atoms with Crippen LogP contribution in [0, 0.1) is 6.92 Å². The largest absolute Gasteiger partial charge is 0.435 e. The first-order valence-corrected chi connectivity index (χ1v) is 11.9. The molecule has 2 atom stereocenters. The summed E-state index contributed by atoms with van der Waals surface area (Å²) in [4.78, 5) is 12.8. The first kappa shape index (κ1) is 23.8. The normalized spacial score (nSPS) is 20.2. The Labute approximate surface area is 188 Å². The van der Waals surface area contributed by atoms with Crippen LogP contribution in [0.15, 0.2) is 42.5 Å². The number of carbonyl (C=O) groups is 1. The molecule has 1 fully saturated rings. The molecule has 0 saturated carbocycles. The van der Waals surface area contributed by atoms with E-state index in [4.69, 9.17) is 0 Å². The molecule has 6 nitrogen and oxygen atoms in total. The van der Waals surface area contributed by atoms with E-state index >= 15 is 0 Å². The van der Waals surface area contributed by atoms with Crippen molar-refractivity contribution in [1.29, 1.82) is 0 Å². The Balaban J connectivity index is 0.00000141. The number of alkyl halides is 2. The molecule has 1 amide bonds. The van der Waals surface area contributed by atoms with Gasteiger partial charge in [0.1, 0.15) is 5.75 Å². The molecule has 9 heteroatoms. The third kappa shape index (κ3) is 5.15. The highest BCUT2D eigenvalue weighted by Gasteiger charge is 2.34. The molecule has 1 aromatic heterocycles. The van der Waals surface area contributed by atoms with Crippen molar-refractivity contribution >= 4 is 27.6 Å². The molecule has 1 aliphatic rings. The van der Waals surface area contributed by atoms with E-state index in [1.807, 2.05) is 27.7 Å². The number of nitrogens with one attached hydrogen (secondary N) is 1. The molecule has 1 aliphatic heterocycles. The second kappa shape index (κ2) is 9.77. The highest BCUT2D eigenvalue weighted by Crippen LogP contribution is 2.26. The second-order valence-electron chi connectivity index (χ2n) is 7.66. The Bertz CT molecular complexity index is 1150. The summed E-state index contributed by atoms with van der Waals surface area (Å²) in [5.74, 6) is 0.866. The summed E-state index contributed by atoms with van der Waals surface area (Å²) in [7, 11) is -0.900. The lowest BCUT2D eigenvalue weighted by atomic mass is 10.0. The van der Waals surface area contributed by atoms with E-state index in [-0.39, 0.29) is 11.7 Å². The first-order chi connectivity index (χ1) is 15.2. The zero-order valence-corrected chi connectivity index (χ0v) is 19.3. The number of hydrogen-bond donors (Lipinski definition) is 1. The summed E-state index contributed by atoms with van der Waals surface area (Å²) in [6, 6.07) is 11.5. The first-order valence-electron chi connectivity index (χ1n) is 10.5. The Hall–Kier alpha value is -2.81. The van der Waals surface area contributed by atoms with Gasteiger partial charge in [0.15, 0.2) is 0 Å². The van der Waals surface area contributed by atoms with Crippen molar-refractivity contribution in [2.24, 2.45) is 0 Å². The standard InChI is InChI=1S/C21H21F2N3O3S.C2H6/c1-13-17-10-14(19(27)24-21(2)8-9-30(28)12-21)6-7-18(17)26(25-13)15-4-3-5-16(11-15)29-20(22)23;1-2/h3-7,10-11,20H,8-9,12H2,1-2H3,(H,24,27);1-2H3. The number of nitrogens with zero attached hydrogens (tertiary/aromatic N) is 2. The van der Waals surface area contributed by atoms with Crippen LogP contribution in [0.4, 0.5) is 8.78 Å². The van der Waals surface area contributed by atoms with E-state index in [1.54, 1.807) is 35.0 Å². The van der Waals surface area contributed by atoms with Gasteiger partial charge in [-0.25, -0.2) is 4.68 Å². The number of benzene rings is 2. The lowest BCUT2D eigenvalue weighted by Crippen LogP contribution is -2.46. The molecule has 2 unspecified atom stereocenters. The Morgan fingerprint density at radius 1 is 1.25 bits per heavy atom. The van der Waals surface area contributed by atoms with Crippen molar-refractivity contribution in [2.75, 3.05) is 11.5 Å². The Kier molecular flexibility index (Phi) is 7.28. The molecule has 0 radical (unpaired) electrons. The van der Waals surface area contributed by atoms with Crippen LogP contribution in [0.5, 0.6) is 5.75 Å². The maximum atomic E-state index is 12.8. The predicted molar refractivity (Wildman–Crippen MR) is 122 cm³/mol. The molecular formula is C23H27F2N3O3S. The molecule has 0 spiro atoms. The zero-order chi connectivity index (χ0) is 23.5. The third-order valence-electron chi connectivity index (χ3n) is 5.19. The fourth-order valence-electron chi connectivity index (χ4n) is 3.68. The summed E-state index contributed by atoms with van der Waals surface area (Å²) in [5, 5.41) is 8.29. The molecule has 2 heterocycles. The van der Waals surface area contributed by atoms with Gasteiger partial charge in [0.25, 0.3) is 5.91 Å².